The molecule has 120 valence electrons. The second-order valence-electron chi connectivity index (χ2n) is 6.67. The summed E-state index contributed by atoms with van der Waals surface area (Å²) < 4.78 is 5.63. The zero-order valence-corrected chi connectivity index (χ0v) is 14.3. The van der Waals surface area contributed by atoms with Crippen LogP contribution in [0.15, 0.2) is 0 Å². The van der Waals surface area contributed by atoms with Crippen LogP contribution in [0.2, 0.25) is 0 Å². The molecule has 0 radical (unpaired) electrons. The van der Waals surface area contributed by atoms with Crippen molar-refractivity contribution in [3.63, 3.8) is 0 Å². The first kappa shape index (κ1) is 17.9. The Labute approximate surface area is 126 Å². The quantitative estimate of drug-likeness (QED) is 0.704. The first-order valence-corrected chi connectivity index (χ1v) is 8.64. The van der Waals surface area contributed by atoms with Crippen molar-refractivity contribution in [1.29, 1.82) is 0 Å². The monoisotopic (exact) mass is 284 g/mol. The highest BCUT2D eigenvalue weighted by atomic mass is 16.5. The van der Waals surface area contributed by atoms with E-state index in [4.69, 9.17) is 4.74 Å². The minimum Gasteiger partial charge on any atom is -0.380 e. The molecule has 3 nitrogen and oxygen atoms in total. The third-order valence-corrected chi connectivity index (χ3v) is 4.57. The molecule has 1 fully saturated rings. The van der Waals surface area contributed by atoms with Gasteiger partial charge in [-0.15, -0.1) is 0 Å². The molecule has 0 aromatic rings. The Kier molecular flexibility index (Phi) is 8.74. The summed E-state index contributed by atoms with van der Waals surface area (Å²) in [5.74, 6) is 1.41. The molecule has 0 saturated carbocycles. The molecule has 1 N–H and O–H groups in total. The van der Waals surface area contributed by atoms with Gasteiger partial charge in [0.2, 0.25) is 0 Å². The van der Waals surface area contributed by atoms with Crippen LogP contribution in [0.4, 0.5) is 0 Å². The van der Waals surface area contributed by atoms with Crippen LogP contribution in [0.25, 0.3) is 0 Å². The van der Waals surface area contributed by atoms with E-state index in [9.17, 15) is 0 Å². The molecule has 0 aromatic heterocycles. The predicted octanol–water partition coefficient (Wildman–Crippen LogP) is 3.15. The Balaban J connectivity index is 2.44. The van der Waals surface area contributed by atoms with Crippen LogP contribution in [0.1, 0.15) is 53.9 Å². The zero-order valence-electron chi connectivity index (χ0n) is 14.3. The van der Waals surface area contributed by atoms with Crippen molar-refractivity contribution < 1.29 is 4.74 Å². The average molecular weight is 284 g/mol. The second-order valence-corrected chi connectivity index (χ2v) is 6.67. The zero-order chi connectivity index (χ0) is 15.0. The van der Waals surface area contributed by atoms with Gasteiger partial charge in [-0.3, -0.25) is 0 Å². The van der Waals surface area contributed by atoms with Crippen LogP contribution in [0, 0.1) is 11.8 Å². The minimum absolute atomic E-state index is 0.478. The first-order chi connectivity index (χ1) is 9.58. The van der Waals surface area contributed by atoms with Gasteiger partial charge in [0, 0.05) is 25.2 Å². The summed E-state index contributed by atoms with van der Waals surface area (Å²) in [4.78, 5) is 2.64. The van der Waals surface area contributed by atoms with E-state index < -0.39 is 0 Å². The fourth-order valence-electron chi connectivity index (χ4n) is 3.17. The fraction of sp³-hybridized carbons (Fsp3) is 1.00. The molecule has 0 bridgehead atoms. The van der Waals surface area contributed by atoms with E-state index in [0.717, 1.165) is 19.1 Å². The van der Waals surface area contributed by atoms with E-state index >= 15 is 0 Å². The van der Waals surface area contributed by atoms with Gasteiger partial charge >= 0.3 is 0 Å². The summed E-state index contributed by atoms with van der Waals surface area (Å²) >= 11 is 0. The van der Waals surface area contributed by atoms with Gasteiger partial charge in [-0.2, -0.15) is 0 Å². The van der Waals surface area contributed by atoms with Crippen LogP contribution in [-0.4, -0.2) is 49.8 Å². The van der Waals surface area contributed by atoms with Gasteiger partial charge in [0.05, 0.1) is 6.61 Å². The van der Waals surface area contributed by atoms with Gasteiger partial charge in [-0.1, -0.05) is 20.8 Å². The molecule has 3 unspecified atom stereocenters. The van der Waals surface area contributed by atoms with Gasteiger partial charge in [0.1, 0.15) is 0 Å². The van der Waals surface area contributed by atoms with Gasteiger partial charge in [-0.25, -0.2) is 0 Å². The number of nitrogens with one attached hydrogen (secondary N) is 1. The highest BCUT2D eigenvalue weighted by Gasteiger charge is 2.26. The van der Waals surface area contributed by atoms with Crippen molar-refractivity contribution in [2.75, 3.05) is 32.8 Å². The number of nitrogens with zero attached hydrogens (tertiary/aromatic N) is 1. The van der Waals surface area contributed by atoms with E-state index in [0.29, 0.717) is 18.0 Å². The number of rotatable bonds is 9. The SMILES string of the molecule is CCCN1CCCC(C(C)NC(COCC)C(C)C)C1. The topological polar surface area (TPSA) is 24.5 Å². The molecular formula is C17H36N2O. The summed E-state index contributed by atoms with van der Waals surface area (Å²) in [5, 5.41) is 3.83. The maximum atomic E-state index is 5.63. The maximum Gasteiger partial charge on any atom is 0.0622 e. The maximum absolute atomic E-state index is 5.63. The van der Waals surface area contributed by atoms with E-state index in [2.05, 4.69) is 44.8 Å². The summed E-state index contributed by atoms with van der Waals surface area (Å²) in [6.45, 7) is 16.8. The van der Waals surface area contributed by atoms with Crippen molar-refractivity contribution in [3.05, 3.63) is 0 Å². The molecule has 3 heteroatoms. The molecule has 1 aliphatic rings. The van der Waals surface area contributed by atoms with Crippen LogP contribution >= 0.6 is 0 Å². The van der Waals surface area contributed by atoms with E-state index in [1.54, 1.807) is 0 Å². The molecule has 0 aromatic carbocycles. The van der Waals surface area contributed by atoms with Gasteiger partial charge in [-0.05, 0) is 58.0 Å². The number of likely N-dealkylation sites (tertiary alicyclic amines) is 1. The summed E-state index contributed by atoms with van der Waals surface area (Å²) in [7, 11) is 0. The van der Waals surface area contributed by atoms with E-state index in [1.807, 2.05) is 0 Å². The number of hydrogen-bond donors (Lipinski definition) is 1. The lowest BCUT2D eigenvalue weighted by atomic mass is 9.90. The smallest absolute Gasteiger partial charge is 0.0622 e. The van der Waals surface area contributed by atoms with Crippen molar-refractivity contribution in [2.45, 2.75) is 66.0 Å². The Morgan fingerprint density at radius 1 is 1.25 bits per heavy atom. The molecule has 3 atom stereocenters. The number of ether oxygens (including phenoxy) is 1. The highest BCUT2D eigenvalue weighted by molar-refractivity contribution is 4.83. The van der Waals surface area contributed by atoms with Crippen molar-refractivity contribution in [3.8, 4) is 0 Å². The van der Waals surface area contributed by atoms with Gasteiger partial charge < -0.3 is 15.0 Å². The lowest BCUT2D eigenvalue weighted by Gasteiger charge is -2.38. The van der Waals surface area contributed by atoms with Crippen LogP contribution in [0.5, 0.6) is 0 Å². The molecule has 1 saturated heterocycles. The number of piperidine rings is 1. The Morgan fingerprint density at radius 3 is 2.60 bits per heavy atom. The minimum atomic E-state index is 0.478. The van der Waals surface area contributed by atoms with Crippen molar-refractivity contribution >= 4 is 0 Å². The standard InChI is InChI=1S/C17H36N2O/c1-6-10-19-11-8-9-16(12-19)15(5)18-17(14(3)4)13-20-7-2/h14-18H,6-13H2,1-5H3. The molecule has 20 heavy (non-hydrogen) atoms. The van der Waals surface area contributed by atoms with Crippen LogP contribution < -0.4 is 5.32 Å². The van der Waals surface area contributed by atoms with Crippen LogP contribution in [0.3, 0.4) is 0 Å². The largest absolute Gasteiger partial charge is 0.380 e. The molecule has 0 spiro atoms. The molecule has 1 heterocycles. The van der Waals surface area contributed by atoms with Crippen molar-refractivity contribution in [1.82, 2.24) is 10.2 Å². The summed E-state index contributed by atoms with van der Waals surface area (Å²) in [5.41, 5.74) is 0. The van der Waals surface area contributed by atoms with Crippen molar-refractivity contribution in [2.24, 2.45) is 11.8 Å². The average Bonchev–Trinajstić information content (AvgIpc) is 2.43. The third-order valence-electron chi connectivity index (χ3n) is 4.57. The fourth-order valence-corrected chi connectivity index (χ4v) is 3.17. The lowest BCUT2D eigenvalue weighted by Crippen LogP contribution is -2.50. The van der Waals surface area contributed by atoms with Gasteiger partial charge in [0.15, 0.2) is 0 Å². The Morgan fingerprint density at radius 2 is 2.00 bits per heavy atom. The lowest BCUT2D eigenvalue weighted by molar-refractivity contribution is 0.0898. The van der Waals surface area contributed by atoms with Gasteiger partial charge in [0.25, 0.3) is 0 Å². The molecular weight excluding hydrogens is 248 g/mol. The van der Waals surface area contributed by atoms with Crippen LogP contribution in [-0.2, 0) is 4.74 Å². The Bertz CT molecular complexity index is 243. The number of hydrogen-bond acceptors (Lipinski definition) is 3. The molecule has 0 aliphatic carbocycles. The molecule has 1 aliphatic heterocycles. The highest BCUT2D eigenvalue weighted by Crippen LogP contribution is 2.21. The first-order valence-electron chi connectivity index (χ1n) is 8.64. The third kappa shape index (κ3) is 6.11. The molecule has 1 rings (SSSR count). The van der Waals surface area contributed by atoms with E-state index in [1.165, 1.54) is 38.9 Å². The normalized spacial score (nSPS) is 24.0. The van der Waals surface area contributed by atoms with E-state index in [-0.39, 0.29) is 0 Å². The summed E-state index contributed by atoms with van der Waals surface area (Å²) in [6.07, 6.45) is 4.00. The predicted molar refractivity (Wildman–Crippen MR) is 87.2 cm³/mol. The second kappa shape index (κ2) is 9.75. The Hall–Kier alpha value is -0.120. The molecule has 0 amide bonds. The summed E-state index contributed by atoms with van der Waals surface area (Å²) in [6, 6.07) is 1.06.